The third-order valence-corrected chi connectivity index (χ3v) is 3.76. The van der Waals surface area contributed by atoms with Crippen molar-refractivity contribution in [2.24, 2.45) is 5.41 Å². The van der Waals surface area contributed by atoms with Crippen molar-refractivity contribution >= 4 is 17.3 Å². The Balaban J connectivity index is 2.10. The molecule has 1 aromatic carbocycles. The predicted octanol–water partition coefficient (Wildman–Crippen LogP) is 2.10. The topological polar surface area (TPSA) is 98.3 Å². The molecule has 0 heterocycles. The van der Waals surface area contributed by atoms with Gasteiger partial charge in [0.1, 0.15) is 5.69 Å². The van der Waals surface area contributed by atoms with E-state index >= 15 is 0 Å². The molecule has 0 spiro atoms. The van der Waals surface area contributed by atoms with Gasteiger partial charge in [0, 0.05) is 12.6 Å². The largest absolute Gasteiger partial charge is 0.393 e. The third kappa shape index (κ3) is 2.67. The van der Waals surface area contributed by atoms with Gasteiger partial charge in [0.15, 0.2) is 0 Å². The van der Waals surface area contributed by atoms with Gasteiger partial charge < -0.3 is 11.1 Å². The van der Waals surface area contributed by atoms with Gasteiger partial charge in [0.05, 0.1) is 10.5 Å². The van der Waals surface area contributed by atoms with E-state index in [4.69, 9.17) is 5.73 Å². The molecular formula is C13H17N3O3. The monoisotopic (exact) mass is 263 g/mol. The van der Waals surface area contributed by atoms with Gasteiger partial charge in [0.2, 0.25) is 0 Å². The maximum absolute atomic E-state index is 12.0. The molecule has 0 aromatic heterocycles. The van der Waals surface area contributed by atoms with E-state index in [1.165, 1.54) is 24.6 Å². The molecule has 0 bridgehead atoms. The highest BCUT2D eigenvalue weighted by Gasteiger charge is 2.32. The van der Waals surface area contributed by atoms with Crippen LogP contribution >= 0.6 is 0 Å². The molecule has 1 aliphatic rings. The van der Waals surface area contributed by atoms with Crippen LogP contribution in [0, 0.1) is 15.5 Å². The lowest BCUT2D eigenvalue weighted by molar-refractivity contribution is -0.383. The minimum absolute atomic E-state index is 0.0798. The first kappa shape index (κ1) is 13.3. The van der Waals surface area contributed by atoms with E-state index in [0.29, 0.717) is 6.54 Å². The average Bonchev–Trinajstić information content (AvgIpc) is 2.33. The highest BCUT2D eigenvalue weighted by molar-refractivity contribution is 6.00. The van der Waals surface area contributed by atoms with E-state index in [9.17, 15) is 14.9 Å². The summed E-state index contributed by atoms with van der Waals surface area (Å²) < 4.78 is 0. The number of para-hydroxylation sites is 1. The quantitative estimate of drug-likeness (QED) is 0.493. The van der Waals surface area contributed by atoms with E-state index in [1.54, 1.807) is 0 Å². The van der Waals surface area contributed by atoms with Gasteiger partial charge >= 0.3 is 0 Å². The summed E-state index contributed by atoms with van der Waals surface area (Å²) in [5.41, 5.74) is 5.68. The number of hydrogen-bond donors (Lipinski definition) is 2. The average molecular weight is 263 g/mol. The van der Waals surface area contributed by atoms with Gasteiger partial charge in [-0.1, -0.05) is 19.4 Å². The molecule has 0 saturated heterocycles. The molecule has 19 heavy (non-hydrogen) atoms. The molecule has 1 amide bonds. The number of nitrogens with two attached hydrogens (primary N) is 1. The van der Waals surface area contributed by atoms with Gasteiger partial charge in [-0.3, -0.25) is 14.9 Å². The number of anilines is 1. The molecule has 1 saturated carbocycles. The second kappa shape index (κ2) is 4.87. The Morgan fingerprint density at radius 1 is 1.53 bits per heavy atom. The van der Waals surface area contributed by atoms with Crippen LogP contribution in [0.2, 0.25) is 0 Å². The Kier molecular flexibility index (Phi) is 3.42. The molecule has 2 rings (SSSR count). The van der Waals surface area contributed by atoms with Crippen molar-refractivity contribution in [3.8, 4) is 0 Å². The SMILES string of the molecule is CC1(CNC(=O)c2cccc([N+](=O)[O-])c2N)CCC1. The van der Waals surface area contributed by atoms with Crippen molar-refractivity contribution < 1.29 is 9.72 Å². The summed E-state index contributed by atoms with van der Waals surface area (Å²) in [5, 5.41) is 13.6. The Hall–Kier alpha value is -2.11. The van der Waals surface area contributed by atoms with Gasteiger partial charge in [0.25, 0.3) is 11.6 Å². The van der Waals surface area contributed by atoms with Gasteiger partial charge in [-0.15, -0.1) is 0 Å². The molecule has 3 N–H and O–H groups in total. The summed E-state index contributed by atoms with van der Waals surface area (Å²) in [6.07, 6.45) is 3.38. The van der Waals surface area contributed by atoms with E-state index in [1.807, 2.05) is 0 Å². The number of nitro groups is 1. The van der Waals surface area contributed by atoms with E-state index in [0.717, 1.165) is 12.8 Å². The summed E-state index contributed by atoms with van der Waals surface area (Å²) in [6, 6.07) is 4.26. The van der Waals surface area contributed by atoms with Gasteiger partial charge in [-0.25, -0.2) is 0 Å². The second-order valence-corrected chi connectivity index (χ2v) is 5.34. The van der Waals surface area contributed by atoms with Crippen LogP contribution in [0.5, 0.6) is 0 Å². The summed E-state index contributed by atoms with van der Waals surface area (Å²) in [5.74, 6) is -0.352. The zero-order valence-corrected chi connectivity index (χ0v) is 10.8. The predicted molar refractivity (Wildman–Crippen MR) is 71.8 cm³/mol. The summed E-state index contributed by atoms with van der Waals surface area (Å²) >= 11 is 0. The molecule has 0 atom stereocenters. The lowest BCUT2D eigenvalue weighted by Gasteiger charge is -2.38. The fourth-order valence-corrected chi connectivity index (χ4v) is 2.26. The molecule has 1 aliphatic carbocycles. The third-order valence-electron chi connectivity index (χ3n) is 3.76. The molecule has 0 radical (unpaired) electrons. The maximum Gasteiger partial charge on any atom is 0.292 e. The highest BCUT2D eigenvalue weighted by Crippen LogP contribution is 2.39. The molecule has 0 aliphatic heterocycles. The fraction of sp³-hybridized carbons (Fsp3) is 0.462. The molecular weight excluding hydrogens is 246 g/mol. The summed E-state index contributed by atoms with van der Waals surface area (Å²) in [7, 11) is 0. The van der Waals surface area contributed by atoms with Crippen LogP contribution in [0.3, 0.4) is 0 Å². The van der Waals surface area contributed by atoms with Crippen LogP contribution < -0.4 is 11.1 Å². The number of carbonyl (C=O) groups is 1. The number of hydrogen-bond acceptors (Lipinski definition) is 4. The number of carbonyl (C=O) groups excluding carboxylic acids is 1. The van der Waals surface area contributed by atoms with Crippen molar-refractivity contribution in [2.45, 2.75) is 26.2 Å². The summed E-state index contributed by atoms with van der Waals surface area (Å²) in [6.45, 7) is 2.70. The van der Waals surface area contributed by atoms with Crippen molar-refractivity contribution in [2.75, 3.05) is 12.3 Å². The zero-order chi connectivity index (χ0) is 14.0. The number of nitrogens with zero attached hydrogens (tertiary/aromatic N) is 1. The first-order valence-electron chi connectivity index (χ1n) is 6.24. The Morgan fingerprint density at radius 3 is 2.74 bits per heavy atom. The number of nitro benzene ring substituents is 1. The van der Waals surface area contributed by atoms with E-state index in [-0.39, 0.29) is 28.3 Å². The van der Waals surface area contributed by atoms with Crippen LogP contribution in [0.4, 0.5) is 11.4 Å². The number of amides is 1. The molecule has 6 heteroatoms. The first-order valence-corrected chi connectivity index (χ1v) is 6.24. The number of rotatable bonds is 4. The fourth-order valence-electron chi connectivity index (χ4n) is 2.26. The van der Waals surface area contributed by atoms with Crippen LogP contribution in [0.25, 0.3) is 0 Å². The van der Waals surface area contributed by atoms with Crippen molar-refractivity contribution in [3.63, 3.8) is 0 Å². The molecule has 1 aromatic rings. The zero-order valence-electron chi connectivity index (χ0n) is 10.8. The van der Waals surface area contributed by atoms with Crippen molar-refractivity contribution in [1.82, 2.24) is 5.32 Å². The van der Waals surface area contributed by atoms with Crippen LogP contribution in [-0.2, 0) is 0 Å². The molecule has 0 unspecified atom stereocenters. The second-order valence-electron chi connectivity index (χ2n) is 5.34. The lowest BCUT2D eigenvalue weighted by atomic mass is 9.70. The number of nitrogen functional groups attached to an aromatic ring is 1. The van der Waals surface area contributed by atoms with E-state index in [2.05, 4.69) is 12.2 Å². The first-order chi connectivity index (χ1) is 8.93. The minimum atomic E-state index is -0.584. The van der Waals surface area contributed by atoms with Crippen molar-refractivity contribution in [1.29, 1.82) is 0 Å². The van der Waals surface area contributed by atoms with Crippen molar-refractivity contribution in [3.05, 3.63) is 33.9 Å². The lowest BCUT2D eigenvalue weighted by Crippen LogP contribution is -2.40. The Bertz CT molecular complexity index is 524. The molecule has 6 nitrogen and oxygen atoms in total. The highest BCUT2D eigenvalue weighted by atomic mass is 16.6. The molecule has 1 fully saturated rings. The smallest absolute Gasteiger partial charge is 0.292 e. The summed E-state index contributed by atoms with van der Waals surface area (Å²) in [4.78, 5) is 22.2. The number of benzene rings is 1. The normalized spacial score (nSPS) is 16.5. The Labute approximate surface area is 111 Å². The standard InChI is InChI=1S/C13H17N3O3/c1-13(6-3-7-13)8-15-12(17)9-4-2-5-10(11(9)14)16(18)19/h2,4-5H,3,6-8,14H2,1H3,(H,15,17). The Morgan fingerprint density at radius 2 is 2.21 bits per heavy atom. The van der Waals surface area contributed by atoms with Crippen LogP contribution in [0.1, 0.15) is 36.5 Å². The van der Waals surface area contributed by atoms with Gasteiger partial charge in [-0.05, 0) is 24.3 Å². The number of nitrogens with one attached hydrogen (secondary N) is 1. The van der Waals surface area contributed by atoms with Gasteiger partial charge in [-0.2, -0.15) is 0 Å². The van der Waals surface area contributed by atoms with Crippen LogP contribution in [0.15, 0.2) is 18.2 Å². The van der Waals surface area contributed by atoms with Crippen LogP contribution in [-0.4, -0.2) is 17.4 Å². The minimum Gasteiger partial charge on any atom is -0.393 e. The maximum atomic E-state index is 12.0. The molecule has 102 valence electrons. The van der Waals surface area contributed by atoms with E-state index < -0.39 is 4.92 Å².